The molecule has 0 bridgehead atoms. The van der Waals surface area contributed by atoms with E-state index >= 15 is 0 Å². The SMILES string of the molecule is CCCCCc1ccc(C2CC=C(C#Cc3ccc(OCC)cc3)CC2)cc1. The van der Waals surface area contributed by atoms with E-state index in [1.165, 1.54) is 48.8 Å². The Bertz CT molecular complexity index is 815. The van der Waals surface area contributed by atoms with Crippen molar-refractivity contribution in [3.8, 4) is 17.6 Å². The summed E-state index contributed by atoms with van der Waals surface area (Å²) in [5, 5.41) is 0. The minimum Gasteiger partial charge on any atom is -0.494 e. The lowest BCUT2D eigenvalue weighted by atomic mass is 9.84. The lowest BCUT2D eigenvalue weighted by Gasteiger charge is -2.20. The molecule has 2 aromatic rings. The first-order chi connectivity index (χ1) is 13.8. The van der Waals surface area contributed by atoms with Crippen molar-refractivity contribution >= 4 is 0 Å². The Morgan fingerprint density at radius 3 is 2.36 bits per heavy atom. The number of aryl methyl sites for hydroxylation is 1. The molecule has 1 nitrogen and oxygen atoms in total. The zero-order valence-electron chi connectivity index (χ0n) is 17.3. The van der Waals surface area contributed by atoms with Gasteiger partial charge >= 0.3 is 0 Å². The van der Waals surface area contributed by atoms with Crippen molar-refractivity contribution in [2.24, 2.45) is 0 Å². The van der Waals surface area contributed by atoms with E-state index in [0.29, 0.717) is 12.5 Å². The van der Waals surface area contributed by atoms with E-state index in [0.717, 1.165) is 24.2 Å². The Hall–Kier alpha value is -2.46. The highest BCUT2D eigenvalue weighted by atomic mass is 16.5. The van der Waals surface area contributed by atoms with Crippen LogP contribution in [0.25, 0.3) is 0 Å². The average Bonchev–Trinajstić information content (AvgIpc) is 2.75. The quantitative estimate of drug-likeness (QED) is 0.373. The van der Waals surface area contributed by atoms with E-state index in [1.54, 1.807) is 0 Å². The van der Waals surface area contributed by atoms with Gasteiger partial charge in [-0.25, -0.2) is 0 Å². The summed E-state index contributed by atoms with van der Waals surface area (Å²) in [7, 11) is 0. The maximum atomic E-state index is 5.48. The molecule has 0 saturated heterocycles. The fourth-order valence-corrected chi connectivity index (χ4v) is 3.74. The summed E-state index contributed by atoms with van der Waals surface area (Å²) in [6.07, 6.45) is 10.8. The standard InChI is InChI=1S/C27H32O/c1-3-5-6-7-22-10-16-25(17-11-22)26-18-12-23(13-19-26)8-9-24-14-20-27(21-15-24)28-4-2/h10-12,14-17,20-21,26H,3-7,13,18-19H2,1-2H3. The van der Waals surface area contributed by atoms with Gasteiger partial charge in [0.15, 0.2) is 0 Å². The summed E-state index contributed by atoms with van der Waals surface area (Å²) < 4.78 is 5.48. The van der Waals surface area contributed by atoms with Crippen molar-refractivity contribution in [2.45, 2.75) is 64.7 Å². The largest absolute Gasteiger partial charge is 0.494 e. The Morgan fingerprint density at radius 2 is 1.71 bits per heavy atom. The third-order valence-electron chi connectivity index (χ3n) is 5.46. The van der Waals surface area contributed by atoms with Crippen molar-refractivity contribution < 1.29 is 4.74 Å². The van der Waals surface area contributed by atoms with Crippen LogP contribution in [0.15, 0.2) is 60.2 Å². The van der Waals surface area contributed by atoms with E-state index in [4.69, 9.17) is 4.74 Å². The monoisotopic (exact) mass is 372 g/mol. The molecule has 3 rings (SSSR count). The summed E-state index contributed by atoms with van der Waals surface area (Å²) >= 11 is 0. The first-order valence-electron chi connectivity index (χ1n) is 10.8. The highest BCUT2D eigenvalue weighted by Gasteiger charge is 2.15. The second kappa shape index (κ2) is 10.8. The minimum absolute atomic E-state index is 0.640. The molecule has 146 valence electrons. The summed E-state index contributed by atoms with van der Waals surface area (Å²) in [5.41, 5.74) is 5.28. The number of benzene rings is 2. The van der Waals surface area contributed by atoms with Crippen molar-refractivity contribution in [2.75, 3.05) is 6.61 Å². The zero-order valence-corrected chi connectivity index (χ0v) is 17.3. The van der Waals surface area contributed by atoms with Crippen LogP contribution < -0.4 is 4.74 Å². The van der Waals surface area contributed by atoms with Crippen LogP contribution >= 0.6 is 0 Å². The van der Waals surface area contributed by atoms with Gasteiger partial charge in [-0.2, -0.15) is 0 Å². The van der Waals surface area contributed by atoms with Gasteiger partial charge in [0.2, 0.25) is 0 Å². The van der Waals surface area contributed by atoms with E-state index in [-0.39, 0.29) is 0 Å². The molecule has 0 N–H and O–H groups in total. The first kappa shape index (κ1) is 20.3. The second-order valence-corrected chi connectivity index (χ2v) is 7.61. The number of hydrogen-bond donors (Lipinski definition) is 0. The van der Waals surface area contributed by atoms with Crippen LogP contribution in [0, 0.1) is 11.8 Å². The molecule has 1 aliphatic carbocycles. The number of rotatable bonds is 7. The predicted molar refractivity (Wildman–Crippen MR) is 119 cm³/mol. The van der Waals surface area contributed by atoms with Crippen LogP contribution in [0.5, 0.6) is 5.75 Å². The van der Waals surface area contributed by atoms with Crippen LogP contribution in [0.2, 0.25) is 0 Å². The van der Waals surface area contributed by atoms with Gasteiger partial charge in [-0.1, -0.05) is 61.9 Å². The molecule has 0 aliphatic heterocycles. The Balaban J connectivity index is 1.54. The number of unbranched alkanes of at least 4 members (excludes halogenated alkanes) is 2. The molecule has 0 fully saturated rings. The predicted octanol–water partition coefficient (Wildman–Crippen LogP) is 7.06. The van der Waals surface area contributed by atoms with Crippen LogP contribution in [0.3, 0.4) is 0 Å². The third kappa shape index (κ3) is 6.03. The first-order valence-corrected chi connectivity index (χ1v) is 10.8. The fraction of sp³-hybridized carbons (Fsp3) is 0.407. The highest BCUT2D eigenvalue weighted by molar-refractivity contribution is 5.43. The summed E-state index contributed by atoms with van der Waals surface area (Å²) in [6, 6.07) is 17.4. The lowest BCUT2D eigenvalue weighted by Crippen LogP contribution is -2.04. The lowest BCUT2D eigenvalue weighted by molar-refractivity contribution is 0.340. The van der Waals surface area contributed by atoms with Crippen molar-refractivity contribution in [3.63, 3.8) is 0 Å². The van der Waals surface area contributed by atoms with Crippen LogP contribution in [0.4, 0.5) is 0 Å². The molecule has 0 amide bonds. The van der Waals surface area contributed by atoms with E-state index < -0.39 is 0 Å². The highest BCUT2D eigenvalue weighted by Crippen LogP contribution is 2.32. The molecule has 0 spiro atoms. The van der Waals surface area contributed by atoms with Gasteiger partial charge in [0, 0.05) is 5.56 Å². The molecule has 1 heteroatoms. The van der Waals surface area contributed by atoms with Crippen LogP contribution in [-0.2, 0) is 6.42 Å². The van der Waals surface area contributed by atoms with Gasteiger partial charge in [-0.15, -0.1) is 0 Å². The number of ether oxygens (including phenoxy) is 1. The Labute approximate surface area is 170 Å². The molecule has 0 saturated carbocycles. The van der Waals surface area contributed by atoms with Crippen molar-refractivity contribution in [1.82, 2.24) is 0 Å². The maximum absolute atomic E-state index is 5.48. The molecule has 1 aliphatic rings. The normalized spacial score (nSPS) is 16.1. The van der Waals surface area contributed by atoms with Gasteiger partial charge in [0.05, 0.1) is 6.61 Å². The molecule has 2 aromatic carbocycles. The topological polar surface area (TPSA) is 9.23 Å². The Morgan fingerprint density at radius 1 is 0.929 bits per heavy atom. The van der Waals surface area contributed by atoms with Crippen molar-refractivity contribution in [3.05, 3.63) is 76.9 Å². The summed E-state index contributed by atoms with van der Waals surface area (Å²) in [4.78, 5) is 0. The van der Waals surface area contributed by atoms with Gasteiger partial charge in [0.25, 0.3) is 0 Å². The molecule has 0 heterocycles. The third-order valence-corrected chi connectivity index (χ3v) is 5.46. The van der Waals surface area contributed by atoms with Gasteiger partial charge in [0.1, 0.15) is 5.75 Å². The summed E-state index contributed by atoms with van der Waals surface area (Å²) in [6.45, 7) is 4.95. The molecular weight excluding hydrogens is 340 g/mol. The Kier molecular flexibility index (Phi) is 7.80. The molecule has 0 radical (unpaired) electrons. The maximum Gasteiger partial charge on any atom is 0.119 e. The van der Waals surface area contributed by atoms with Crippen LogP contribution in [0.1, 0.15) is 75.0 Å². The van der Waals surface area contributed by atoms with E-state index in [2.05, 4.69) is 49.1 Å². The van der Waals surface area contributed by atoms with Gasteiger partial charge in [-0.3, -0.25) is 0 Å². The van der Waals surface area contributed by atoms with Crippen molar-refractivity contribution in [1.29, 1.82) is 0 Å². The summed E-state index contributed by atoms with van der Waals surface area (Å²) in [5.74, 6) is 8.21. The minimum atomic E-state index is 0.640. The fourth-order valence-electron chi connectivity index (χ4n) is 3.74. The van der Waals surface area contributed by atoms with E-state index in [9.17, 15) is 0 Å². The second-order valence-electron chi connectivity index (χ2n) is 7.61. The molecule has 28 heavy (non-hydrogen) atoms. The smallest absolute Gasteiger partial charge is 0.119 e. The molecule has 1 atom stereocenters. The molecule has 0 aromatic heterocycles. The van der Waals surface area contributed by atoms with Crippen LogP contribution in [-0.4, -0.2) is 6.61 Å². The molecular formula is C27H32O. The number of hydrogen-bond acceptors (Lipinski definition) is 1. The number of allylic oxidation sites excluding steroid dienone is 2. The van der Waals surface area contributed by atoms with E-state index in [1.807, 2.05) is 31.2 Å². The molecule has 1 unspecified atom stereocenters. The van der Waals surface area contributed by atoms with Gasteiger partial charge < -0.3 is 4.74 Å². The van der Waals surface area contributed by atoms with Gasteiger partial charge in [-0.05, 0) is 85.9 Å². The average molecular weight is 373 g/mol. The zero-order chi connectivity index (χ0) is 19.6.